The average molecular weight is 820 g/mol. The number of ether oxygens (including phenoxy) is 4. The summed E-state index contributed by atoms with van der Waals surface area (Å²) in [6.07, 6.45) is 0. The van der Waals surface area contributed by atoms with Gasteiger partial charge in [0.1, 0.15) is 0 Å². The molecule has 7 nitrogen and oxygen atoms in total. The molecular weight excluding hydrogens is 804 g/mol. The number of rotatable bonds is 6. The summed E-state index contributed by atoms with van der Waals surface area (Å²) in [5.41, 5.74) is -4.10. The largest absolute Gasteiger partial charge is 0.422 e. The van der Waals surface area contributed by atoms with Crippen LogP contribution < -0.4 is 0 Å². The maximum atomic E-state index is 14.9. The standard InChI is InChI=1S/C31H16Br4O7/c32-21-9-1-17(2-10-21)25(36)28-27(38)39-30(19-5-13-23(34)14-6-19)29(28,26(37)18-3-11-22(33)12-4-18)41-31(40-28,42-30)20-7-15-24(35)16-8-20/h1-16H/t28-,29+,30+,31-/m1/s1. The van der Waals surface area contributed by atoms with Gasteiger partial charge >= 0.3 is 11.9 Å². The number of fused-ring (bicyclic) bond motifs is 1. The van der Waals surface area contributed by atoms with Gasteiger partial charge in [-0.05, 0) is 60.7 Å². The van der Waals surface area contributed by atoms with E-state index in [9.17, 15) is 14.4 Å². The van der Waals surface area contributed by atoms with Crippen LogP contribution in [0.15, 0.2) is 115 Å². The molecule has 11 heteroatoms. The monoisotopic (exact) mass is 816 g/mol. The zero-order chi connectivity index (χ0) is 29.5. The zero-order valence-corrected chi connectivity index (χ0v) is 27.5. The summed E-state index contributed by atoms with van der Waals surface area (Å²) in [6, 6.07) is 26.4. The molecule has 2 bridgehead atoms. The molecule has 0 amide bonds. The van der Waals surface area contributed by atoms with Crippen molar-refractivity contribution in [3.63, 3.8) is 0 Å². The maximum Gasteiger partial charge on any atom is 0.353 e. The molecule has 0 aromatic heterocycles. The van der Waals surface area contributed by atoms with Crippen molar-refractivity contribution in [2.24, 2.45) is 0 Å². The molecule has 4 aromatic carbocycles. The van der Waals surface area contributed by atoms with Crippen molar-refractivity contribution in [3.05, 3.63) is 137 Å². The summed E-state index contributed by atoms with van der Waals surface area (Å²) in [4.78, 5) is 43.8. The number of carbonyl (C=O) groups excluding carboxylic acids is 3. The first kappa shape index (κ1) is 28.3. The lowest BCUT2D eigenvalue weighted by Crippen LogP contribution is -2.68. The lowest BCUT2D eigenvalue weighted by molar-refractivity contribution is -0.372. The van der Waals surface area contributed by atoms with E-state index < -0.39 is 40.5 Å². The summed E-state index contributed by atoms with van der Waals surface area (Å²) < 4.78 is 28.6. The Morgan fingerprint density at radius 3 is 1.45 bits per heavy atom. The van der Waals surface area contributed by atoms with Crippen LogP contribution in [0.1, 0.15) is 31.8 Å². The summed E-state index contributed by atoms with van der Waals surface area (Å²) in [5.74, 6) is -6.96. The number of benzene rings is 4. The van der Waals surface area contributed by atoms with Crippen LogP contribution in [0, 0.1) is 0 Å². The second kappa shape index (κ2) is 9.75. The highest BCUT2D eigenvalue weighted by Gasteiger charge is 2.97. The zero-order valence-electron chi connectivity index (χ0n) is 21.1. The number of hydrogen-bond acceptors (Lipinski definition) is 7. The Morgan fingerprint density at radius 2 is 0.952 bits per heavy atom. The molecule has 0 radical (unpaired) electrons. The van der Waals surface area contributed by atoms with E-state index in [0.717, 1.165) is 17.9 Å². The van der Waals surface area contributed by atoms with Crippen LogP contribution in [-0.4, -0.2) is 28.7 Å². The van der Waals surface area contributed by atoms with Gasteiger partial charge in [-0.15, -0.1) is 0 Å². The second-order valence-corrected chi connectivity index (χ2v) is 13.6. The number of hydrogen-bond donors (Lipinski definition) is 0. The minimum Gasteiger partial charge on any atom is -0.422 e. The number of Topliss-reactive ketones (excluding diaryl/α,β-unsaturated/α-hetero) is 2. The number of ketones is 2. The summed E-state index contributed by atoms with van der Waals surface area (Å²) in [5, 5.41) is 0. The van der Waals surface area contributed by atoms with Crippen LogP contribution in [0.25, 0.3) is 0 Å². The lowest BCUT2D eigenvalue weighted by atomic mass is 9.69. The normalized spacial score (nSPS) is 29.0. The fourth-order valence-electron chi connectivity index (χ4n) is 5.73. The van der Waals surface area contributed by atoms with Gasteiger partial charge < -0.3 is 4.74 Å². The van der Waals surface area contributed by atoms with Crippen LogP contribution >= 0.6 is 63.7 Å². The van der Waals surface area contributed by atoms with E-state index in [1.807, 2.05) is 0 Å². The van der Waals surface area contributed by atoms with Gasteiger partial charge in [-0.25, -0.2) is 4.79 Å². The van der Waals surface area contributed by atoms with Crippen LogP contribution in [0.5, 0.6) is 0 Å². The maximum absolute atomic E-state index is 14.9. The van der Waals surface area contributed by atoms with Gasteiger partial charge in [-0.2, -0.15) is 0 Å². The van der Waals surface area contributed by atoms with Gasteiger partial charge in [0.25, 0.3) is 17.0 Å². The molecule has 3 aliphatic rings. The SMILES string of the molecule is O=C1O[C@@]2(c3ccc(Br)cc3)O[C@]3(c4ccc(Br)cc4)O[C@@]1(C(=O)c1ccc(Br)cc1)[C@]2(C(=O)c1ccc(Br)cc1)O3. The van der Waals surface area contributed by atoms with Crippen LogP contribution in [0.2, 0.25) is 0 Å². The molecule has 4 aromatic rings. The number of carbonyl (C=O) groups is 3. The van der Waals surface area contributed by atoms with Crippen molar-refractivity contribution in [2.45, 2.75) is 23.0 Å². The predicted molar refractivity (Wildman–Crippen MR) is 163 cm³/mol. The second-order valence-electron chi connectivity index (χ2n) is 9.92. The van der Waals surface area contributed by atoms with Crippen molar-refractivity contribution >= 4 is 81.3 Å². The molecule has 0 saturated carbocycles. The molecule has 42 heavy (non-hydrogen) atoms. The Kier molecular flexibility index (Phi) is 6.56. The lowest BCUT2D eigenvalue weighted by Gasteiger charge is -2.40. The van der Waals surface area contributed by atoms with Gasteiger partial charge in [0.2, 0.25) is 11.6 Å². The molecule has 3 aliphatic heterocycles. The molecule has 3 heterocycles. The van der Waals surface area contributed by atoms with Crippen molar-refractivity contribution < 1.29 is 33.3 Å². The van der Waals surface area contributed by atoms with E-state index in [1.54, 1.807) is 84.9 Å². The molecule has 3 saturated heterocycles. The van der Waals surface area contributed by atoms with Crippen molar-refractivity contribution in [1.82, 2.24) is 0 Å². The van der Waals surface area contributed by atoms with Crippen LogP contribution in [-0.2, 0) is 35.5 Å². The van der Waals surface area contributed by atoms with Crippen molar-refractivity contribution in [1.29, 1.82) is 0 Å². The summed E-state index contributed by atoms with van der Waals surface area (Å²) >= 11 is 13.6. The Labute approximate surface area is 273 Å². The molecule has 0 aliphatic carbocycles. The van der Waals surface area contributed by atoms with Gasteiger partial charge in [-0.1, -0.05) is 100 Å². The Hall–Kier alpha value is -2.51. The molecule has 4 atom stereocenters. The van der Waals surface area contributed by atoms with E-state index in [2.05, 4.69) is 63.7 Å². The van der Waals surface area contributed by atoms with E-state index in [0.29, 0.717) is 5.56 Å². The number of esters is 1. The van der Waals surface area contributed by atoms with E-state index in [1.165, 1.54) is 12.1 Å². The van der Waals surface area contributed by atoms with E-state index in [-0.39, 0.29) is 16.7 Å². The van der Waals surface area contributed by atoms with Crippen LogP contribution in [0.3, 0.4) is 0 Å². The highest BCUT2D eigenvalue weighted by atomic mass is 79.9. The van der Waals surface area contributed by atoms with Gasteiger partial charge in [0, 0.05) is 40.1 Å². The minimum atomic E-state index is -2.57. The molecule has 7 rings (SSSR count). The third-order valence-electron chi connectivity index (χ3n) is 7.61. The minimum absolute atomic E-state index is 0.117. The van der Waals surface area contributed by atoms with E-state index >= 15 is 0 Å². The average Bonchev–Trinajstić information content (AvgIpc) is 3.50. The smallest absolute Gasteiger partial charge is 0.353 e. The molecule has 0 N–H and O–H groups in total. The molecule has 0 unspecified atom stereocenters. The highest BCUT2D eigenvalue weighted by Crippen LogP contribution is 2.72. The molecular formula is C31H16Br4O7. The fraction of sp³-hybridized carbons (Fsp3) is 0.129. The topological polar surface area (TPSA) is 88.1 Å². The Morgan fingerprint density at radius 1 is 0.524 bits per heavy atom. The highest BCUT2D eigenvalue weighted by molar-refractivity contribution is 9.11. The summed E-state index contributed by atoms with van der Waals surface area (Å²) in [6.45, 7) is 0. The molecule has 3 fully saturated rings. The summed E-state index contributed by atoms with van der Waals surface area (Å²) in [7, 11) is 0. The molecule has 210 valence electrons. The van der Waals surface area contributed by atoms with Gasteiger partial charge in [0.15, 0.2) is 0 Å². The van der Waals surface area contributed by atoms with Crippen molar-refractivity contribution in [3.8, 4) is 0 Å². The third-order valence-corrected chi connectivity index (χ3v) is 9.73. The van der Waals surface area contributed by atoms with Gasteiger partial charge in [0.05, 0.1) is 0 Å². The molecule has 0 spiro atoms. The predicted octanol–water partition coefficient (Wildman–Crippen LogP) is 7.58. The van der Waals surface area contributed by atoms with Crippen LogP contribution in [0.4, 0.5) is 0 Å². The van der Waals surface area contributed by atoms with E-state index in [4.69, 9.17) is 18.9 Å². The Bertz CT molecular complexity index is 1780. The van der Waals surface area contributed by atoms with Gasteiger partial charge in [-0.3, -0.25) is 23.8 Å². The third kappa shape index (κ3) is 3.68. The first-order chi connectivity index (χ1) is 20.1. The Balaban J connectivity index is 1.56. The first-order valence-corrected chi connectivity index (χ1v) is 15.7. The number of halogens is 4. The first-order valence-electron chi connectivity index (χ1n) is 12.5. The quantitative estimate of drug-likeness (QED) is 0.113. The van der Waals surface area contributed by atoms with Crippen molar-refractivity contribution in [2.75, 3.05) is 0 Å². The fourth-order valence-corrected chi connectivity index (χ4v) is 6.79.